The van der Waals surface area contributed by atoms with Gasteiger partial charge in [0.2, 0.25) is 11.8 Å². The number of anilines is 1. The van der Waals surface area contributed by atoms with Crippen molar-refractivity contribution in [3.8, 4) is 0 Å². The Kier molecular flexibility index (Phi) is 4.50. The molecule has 2 N–H and O–H groups in total. The zero-order valence-electron chi connectivity index (χ0n) is 14.7. The van der Waals surface area contributed by atoms with Crippen molar-refractivity contribution in [1.29, 1.82) is 0 Å². The number of carbonyl (C=O) groups excluding carboxylic acids is 2. The van der Waals surface area contributed by atoms with E-state index in [4.69, 9.17) is 0 Å². The van der Waals surface area contributed by atoms with Crippen molar-refractivity contribution in [3.63, 3.8) is 0 Å². The van der Waals surface area contributed by atoms with Gasteiger partial charge in [-0.15, -0.1) is 0 Å². The molecule has 0 radical (unpaired) electrons. The van der Waals surface area contributed by atoms with Gasteiger partial charge < -0.3 is 10.2 Å². The molecule has 5 heteroatoms. The van der Waals surface area contributed by atoms with Crippen molar-refractivity contribution in [2.45, 2.75) is 44.4 Å². The minimum absolute atomic E-state index is 0.155. The van der Waals surface area contributed by atoms with E-state index in [2.05, 4.69) is 39.8 Å². The molecule has 25 heavy (non-hydrogen) atoms. The number of amides is 2. The zero-order valence-corrected chi connectivity index (χ0v) is 14.7. The summed E-state index contributed by atoms with van der Waals surface area (Å²) in [5.41, 5.74) is 2.83. The summed E-state index contributed by atoms with van der Waals surface area (Å²) in [6.45, 7) is 4.58. The molecule has 5 nitrogen and oxygen atoms in total. The highest BCUT2D eigenvalue weighted by molar-refractivity contribution is 6.00. The van der Waals surface area contributed by atoms with Crippen LogP contribution in [0, 0.1) is 5.41 Å². The van der Waals surface area contributed by atoms with Crippen LogP contribution < -0.4 is 15.5 Å². The van der Waals surface area contributed by atoms with E-state index in [1.807, 2.05) is 0 Å². The Morgan fingerprint density at radius 2 is 1.64 bits per heavy atom. The fraction of sp³-hybridized carbons (Fsp3) is 0.600. The van der Waals surface area contributed by atoms with Crippen molar-refractivity contribution in [3.05, 3.63) is 29.8 Å². The topological polar surface area (TPSA) is 61.4 Å². The van der Waals surface area contributed by atoms with E-state index in [0.29, 0.717) is 18.3 Å². The summed E-state index contributed by atoms with van der Waals surface area (Å²) >= 11 is 0. The number of nitrogens with zero attached hydrogens (tertiary/aromatic N) is 1. The van der Waals surface area contributed by atoms with Gasteiger partial charge in [-0.1, -0.05) is 12.1 Å². The fourth-order valence-electron chi connectivity index (χ4n) is 4.63. The number of rotatable bonds is 2. The molecule has 134 valence electrons. The lowest BCUT2D eigenvalue weighted by Crippen LogP contribution is -2.45. The van der Waals surface area contributed by atoms with Crippen LogP contribution in [-0.2, 0) is 9.59 Å². The first-order chi connectivity index (χ1) is 12.2. The highest BCUT2D eigenvalue weighted by atomic mass is 16.2. The molecular formula is C20H27N3O2. The SMILES string of the molecule is O=C1CC[C@H](c2ccc(N3CCC4(CCNCC4)CC3)cc2)C(=O)N1. The molecule has 1 aromatic rings. The summed E-state index contributed by atoms with van der Waals surface area (Å²) in [7, 11) is 0. The normalized spacial score (nSPS) is 26.6. The van der Waals surface area contributed by atoms with Gasteiger partial charge in [-0.25, -0.2) is 0 Å². The molecule has 3 heterocycles. The Hall–Kier alpha value is -1.88. The van der Waals surface area contributed by atoms with Crippen LogP contribution in [0.2, 0.25) is 0 Å². The molecule has 4 rings (SSSR count). The number of piperidine rings is 3. The van der Waals surface area contributed by atoms with Gasteiger partial charge in [0, 0.05) is 25.2 Å². The first kappa shape index (κ1) is 16.6. The lowest BCUT2D eigenvalue weighted by atomic mass is 9.71. The quantitative estimate of drug-likeness (QED) is 0.810. The summed E-state index contributed by atoms with van der Waals surface area (Å²) in [5, 5.41) is 5.92. The number of carbonyl (C=O) groups is 2. The third-order valence-corrected chi connectivity index (χ3v) is 6.39. The van der Waals surface area contributed by atoms with Gasteiger partial charge in [0.05, 0.1) is 5.92 Å². The Bertz CT molecular complexity index is 639. The molecule has 3 aliphatic heterocycles. The summed E-state index contributed by atoms with van der Waals surface area (Å²) in [6.07, 6.45) is 6.24. The smallest absolute Gasteiger partial charge is 0.234 e. The number of benzene rings is 1. The van der Waals surface area contributed by atoms with Crippen LogP contribution in [0.5, 0.6) is 0 Å². The minimum atomic E-state index is -0.189. The molecule has 0 bridgehead atoms. The Morgan fingerprint density at radius 1 is 0.960 bits per heavy atom. The van der Waals surface area contributed by atoms with E-state index in [-0.39, 0.29) is 17.7 Å². The highest BCUT2D eigenvalue weighted by Gasteiger charge is 2.35. The lowest BCUT2D eigenvalue weighted by molar-refractivity contribution is -0.134. The second-order valence-corrected chi connectivity index (χ2v) is 7.83. The van der Waals surface area contributed by atoms with Gasteiger partial charge in [-0.2, -0.15) is 0 Å². The molecule has 1 spiro atoms. The number of nitrogens with one attached hydrogen (secondary N) is 2. The van der Waals surface area contributed by atoms with Crippen LogP contribution in [0.3, 0.4) is 0 Å². The average molecular weight is 341 g/mol. The fourth-order valence-corrected chi connectivity index (χ4v) is 4.63. The van der Waals surface area contributed by atoms with Crippen molar-refractivity contribution < 1.29 is 9.59 Å². The summed E-state index contributed by atoms with van der Waals surface area (Å²) in [5.74, 6) is -0.501. The monoisotopic (exact) mass is 341 g/mol. The van der Waals surface area contributed by atoms with Gasteiger partial charge in [-0.3, -0.25) is 14.9 Å². The summed E-state index contributed by atoms with van der Waals surface area (Å²) < 4.78 is 0. The van der Waals surface area contributed by atoms with E-state index in [1.54, 1.807) is 0 Å². The molecular weight excluding hydrogens is 314 g/mol. The third-order valence-electron chi connectivity index (χ3n) is 6.39. The molecule has 1 aromatic carbocycles. The standard InChI is InChI=1S/C20H27N3O2/c24-18-6-5-17(19(25)22-18)15-1-3-16(4-2-15)23-13-9-20(10-14-23)7-11-21-12-8-20/h1-4,17,21H,5-14H2,(H,22,24,25)/t17-/m1/s1. The maximum Gasteiger partial charge on any atom is 0.234 e. The maximum absolute atomic E-state index is 12.0. The number of hydrogen-bond donors (Lipinski definition) is 2. The van der Waals surface area contributed by atoms with Gasteiger partial charge in [0.1, 0.15) is 0 Å². The highest BCUT2D eigenvalue weighted by Crippen LogP contribution is 2.40. The molecule has 0 saturated carbocycles. The first-order valence-corrected chi connectivity index (χ1v) is 9.55. The van der Waals surface area contributed by atoms with Crippen LogP contribution in [0.15, 0.2) is 24.3 Å². The zero-order chi connectivity index (χ0) is 17.3. The van der Waals surface area contributed by atoms with E-state index in [0.717, 1.165) is 18.7 Å². The first-order valence-electron chi connectivity index (χ1n) is 9.55. The second-order valence-electron chi connectivity index (χ2n) is 7.83. The lowest BCUT2D eigenvalue weighted by Gasteiger charge is -2.45. The van der Waals surface area contributed by atoms with Gasteiger partial charge in [0.15, 0.2) is 0 Å². The molecule has 0 aliphatic carbocycles. The van der Waals surface area contributed by atoms with Crippen LogP contribution in [0.25, 0.3) is 0 Å². The molecule has 2 amide bonds. The van der Waals surface area contributed by atoms with Gasteiger partial charge in [0.25, 0.3) is 0 Å². The van der Waals surface area contributed by atoms with Crippen LogP contribution >= 0.6 is 0 Å². The van der Waals surface area contributed by atoms with Crippen molar-refractivity contribution in [2.75, 3.05) is 31.1 Å². The van der Waals surface area contributed by atoms with E-state index in [1.165, 1.54) is 44.5 Å². The van der Waals surface area contributed by atoms with E-state index < -0.39 is 0 Å². The van der Waals surface area contributed by atoms with E-state index in [9.17, 15) is 9.59 Å². The van der Waals surface area contributed by atoms with Gasteiger partial charge in [-0.05, 0) is 68.3 Å². The molecule has 0 aromatic heterocycles. The molecule has 3 saturated heterocycles. The minimum Gasteiger partial charge on any atom is -0.371 e. The Labute approximate surface area is 149 Å². The van der Waals surface area contributed by atoms with Crippen LogP contribution in [-0.4, -0.2) is 38.0 Å². The molecule has 3 fully saturated rings. The second kappa shape index (κ2) is 6.79. The number of hydrogen-bond acceptors (Lipinski definition) is 4. The Morgan fingerprint density at radius 3 is 2.28 bits per heavy atom. The predicted molar refractivity (Wildman–Crippen MR) is 97.6 cm³/mol. The summed E-state index contributed by atoms with van der Waals surface area (Å²) in [4.78, 5) is 25.8. The molecule has 3 aliphatic rings. The van der Waals surface area contributed by atoms with Crippen molar-refractivity contribution in [1.82, 2.24) is 10.6 Å². The molecule has 0 unspecified atom stereocenters. The third kappa shape index (κ3) is 3.43. The predicted octanol–water partition coefficient (Wildman–Crippen LogP) is 2.18. The van der Waals surface area contributed by atoms with Gasteiger partial charge >= 0.3 is 0 Å². The van der Waals surface area contributed by atoms with E-state index >= 15 is 0 Å². The largest absolute Gasteiger partial charge is 0.371 e. The summed E-state index contributed by atoms with van der Waals surface area (Å²) in [6, 6.07) is 8.40. The van der Waals surface area contributed by atoms with Crippen LogP contribution in [0.1, 0.15) is 50.0 Å². The average Bonchev–Trinajstić information content (AvgIpc) is 2.64. The maximum atomic E-state index is 12.0. The van der Waals surface area contributed by atoms with Crippen molar-refractivity contribution >= 4 is 17.5 Å². The number of imide groups is 1. The Balaban J connectivity index is 1.39. The van der Waals surface area contributed by atoms with Crippen LogP contribution in [0.4, 0.5) is 5.69 Å². The molecule has 1 atom stereocenters. The van der Waals surface area contributed by atoms with Crippen molar-refractivity contribution in [2.24, 2.45) is 5.41 Å².